The van der Waals surface area contributed by atoms with Crippen molar-refractivity contribution >= 4 is 15.9 Å². The smallest absolute Gasteiger partial charge is 0.0584 e. The molecule has 18 heavy (non-hydrogen) atoms. The number of hydrogen-bond acceptors (Lipinski definition) is 2. The van der Waals surface area contributed by atoms with Crippen molar-refractivity contribution in [3.8, 4) is 0 Å². The van der Waals surface area contributed by atoms with Crippen LogP contribution in [-0.4, -0.2) is 17.8 Å². The molecule has 0 aliphatic heterocycles. The van der Waals surface area contributed by atoms with Crippen LogP contribution in [0.15, 0.2) is 22.7 Å². The molecule has 0 saturated heterocycles. The van der Waals surface area contributed by atoms with Gasteiger partial charge in [0.2, 0.25) is 0 Å². The summed E-state index contributed by atoms with van der Waals surface area (Å²) in [5.41, 5.74) is 2.82. The van der Waals surface area contributed by atoms with Crippen LogP contribution in [0.4, 0.5) is 0 Å². The fourth-order valence-corrected chi connectivity index (χ4v) is 3.41. The van der Waals surface area contributed by atoms with Crippen LogP contribution in [0.25, 0.3) is 0 Å². The number of hydrogen-bond donors (Lipinski definition) is 2. The molecule has 2 N–H and O–H groups in total. The van der Waals surface area contributed by atoms with Gasteiger partial charge in [-0.05, 0) is 42.4 Å². The standard InChI is InChI=1S/C15H22BrNO/c1-10(2)8-11(9-18)17-15-7-6-12-13(15)4-3-5-14(12)16/h3-5,10-11,15,17-18H,6-9H2,1-2H3. The van der Waals surface area contributed by atoms with Crippen LogP contribution in [0.5, 0.6) is 0 Å². The summed E-state index contributed by atoms with van der Waals surface area (Å²) in [5, 5.41) is 13.1. The summed E-state index contributed by atoms with van der Waals surface area (Å²) >= 11 is 3.62. The highest BCUT2D eigenvalue weighted by Crippen LogP contribution is 2.36. The average molecular weight is 312 g/mol. The van der Waals surface area contributed by atoms with E-state index in [0.29, 0.717) is 12.0 Å². The number of fused-ring (bicyclic) bond motifs is 1. The molecule has 0 spiro atoms. The van der Waals surface area contributed by atoms with Gasteiger partial charge in [0.25, 0.3) is 0 Å². The van der Waals surface area contributed by atoms with Gasteiger partial charge >= 0.3 is 0 Å². The lowest BCUT2D eigenvalue weighted by molar-refractivity contribution is 0.212. The van der Waals surface area contributed by atoms with Crippen LogP contribution < -0.4 is 5.32 Å². The molecule has 0 radical (unpaired) electrons. The van der Waals surface area contributed by atoms with Crippen molar-refractivity contribution in [3.05, 3.63) is 33.8 Å². The first-order chi connectivity index (χ1) is 8.61. The van der Waals surface area contributed by atoms with Crippen LogP contribution in [0.2, 0.25) is 0 Å². The van der Waals surface area contributed by atoms with Gasteiger partial charge in [-0.2, -0.15) is 0 Å². The first-order valence-corrected chi connectivity index (χ1v) is 7.55. The van der Waals surface area contributed by atoms with Gasteiger partial charge in [-0.1, -0.05) is 41.9 Å². The van der Waals surface area contributed by atoms with E-state index < -0.39 is 0 Å². The molecule has 2 rings (SSSR count). The van der Waals surface area contributed by atoms with Gasteiger partial charge in [0.05, 0.1) is 6.61 Å². The maximum atomic E-state index is 9.47. The molecule has 0 fully saturated rings. The minimum atomic E-state index is 0.208. The molecule has 1 aromatic rings. The first kappa shape index (κ1) is 14.0. The molecular formula is C15H22BrNO. The lowest BCUT2D eigenvalue weighted by Crippen LogP contribution is -2.36. The highest BCUT2D eigenvalue weighted by atomic mass is 79.9. The van der Waals surface area contributed by atoms with E-state index in [4.69, 9.17) is 0 Å². The van der Waals surface area contributed by atoms with Crippen molar-refractivity contribution in [3.63, 3.8) is 0 Å². The summed E-state index contributed by atoms with van der Waals surface area (Å²) in [6.07, 6.45) is 3.27. The Morgan fingerprint density at radius 3 is 2.89 bits per heavy atom. The zero-order chi connectivity index (χ0) is 13.1. The van der Waals surface area contributed by atoms with E-state index in [1.165, 1.54) is 15.6 Å². The number of halogens is 1. The minimum absolute atomic E-state index is 0.208. The molecule has 0 heterocycles. The number of aliphatic hydroxyl groups excluding tert-OH is 1. The van der Waals surface area contributed by atoms with Crippen molar-refractivity contribution in [1.82, 2.24) is 5.32 Å². The highest BCUT2D eigenvalue weighted by molar-refractivity contribution is 9.10. The summed E-state index contributed by atoms with van der Waals surface area (Å²) in [4.78, 5) is 0. The third-order valence-corrected chi connectivity index (χ3v) is 4.37. The maximum absolute atomic E-state index is 9.47. The number of aliphatic hydroxyl groups is 1. The predicted octanol–water partition coefficient (Wildman–Crippen LogP) is 3.43. The molecule has 2 atom stereocenters. The van der Waals surface area contributed by atoms with E-state index in [9.17, 15) is 5.11 Å². The third kappa shape index (κ3) is 3.14. The summed E-state index contributed by atoms with van der Waals surface area (Å²) in [5.74, 6) is 0.609. The van der Waals surface area contributed by atoms with Crippen molar-refractivity contribution in [1.29, 1.82) is 0 Å². The average Bonchev–Trinajstić information content (AvgIpc) is 2.72. The van der Waals surface area contributed by atoms with Crippen LogP contribution >= 0.6 is 15.9 Å². The Labute approximate surface area is 118 Å². The fourth-order valence-electron chi connectivity index (χ4n) is 2.83. The normalized spacial score (nSPS) is 20.2. The second-order valence-corrected chi connectivity index (χ2v) is 6.43. The Hall–Kier alpha value is -0.380. The van der Waals surface area contributed by atoms with E-state index in [2.05, 4.69) is 53.3 Å². The van der Waals surface area contributed by atoms with Crippen LogP contribution in [-0.2, 0) is 6.42 Å². The number of nitrogens with one attached hydrogen (secondary N) is 1. The van der Waals surface area contributed by atoms with E-state index in [-0.39, 0.29) is 12.6 Å². The Morgan fingerprint density at radius 2 is 2.22 bits per heavy atom. The van der Waals surface area contributed by atoms with Gasteiger partial charge in [0.1, 0.15) is 0 Å². The molecule has 0 amide bonds. The number of benzene rings is 1. The Kier molecular flexibility index (Phi) is 4.82. The molecule has 0 bridgehead atoms. The van der Waals surface area contributed by atoms with Crippen LogP contribution in [0.1, 0.15) is 43.9 Å². The van der Waals surface area contributed by atoms with Crippen LogP contribution in [0, 0.1) is 5.92 Å². The van der Waals surface area contributed by atoms with E-state index in [1.54, 1.807) is 0 Å². The molecule has 1 aromatic carbocycles. The van der Waals surface area contributed by atoms with Gasteiger partial charge in [-0.15, -0.1) is 0 Å². The molecule has 1 aliphatic carbocycles. The minimum Gasteiger partial charge on any atom is -0.395 e. The number of rotatable bonds is 5. The summed E-state index contributed by atoms with van der Waals surface area (Å²) < 4.78 is 1.22. The summed E-state index contributed by atoms with van der Waals surface area (Å²) in [6, 6.07) is 7.01. The van der Waals surface area contributed by atoms with Crippen molar-refractivity contribution in [2.75, 3.05) is 6.61 Å². The Morgan fingerprint density at radius 1 is 1.44 bits per heavy atom. The zero-order valence-corrected chi connectivity index (χ0v) is 12.7. The van der Waals surface area contributed by atoms with Crippen molar-refractivity contribution in [2.45, 2.75) is 45.2 Å². The predicted molar refractivity (Wildman–Crippen MR) is 78.7 cm³/mol. The van der Waals surface area contributed by atoms with Gasteiger partial charge < -0.3 is 10.4 Å². The van der Waals surface area contributed by atoms with Gasteiger partial charge in [0.15, 0.2) is 0 Å². The summed E-state index contributed by atoms with van der Waals surface area (Å²) in [6.45, 7) is 4.62. The van der Waals surface area contributed by atoms with E-state index >= 15 is 0 Å². The fraction of sp³-hybridized carbons (Fsp3) is 0.600. The van der Waals surface area contributed by atoms with Gasteiger partial charge in [-0.25, -0.2) is 0 Å². The molecule has 2 unspecified atom stereocenters. The zero-order valence-electron chi connectivity index (χ0n) is 11.1. The Bertz CT molecular complexity index is 405. The monoisotopic (exact) mass is 311 g/mol. The quantitative estimate of drug-likeness (QED) is 0.873. The van der Waals surface area contributed by atoms with E-state index in [0.717, 1.165) is 19.3 Å². The summed E-state index contributed by atoms with van der Waals surface area (Å²) in [7, 11) is 0. The topological polar surface area (TPSA) is 32.3 Å². The molecule has 3 heteroatoms. The third-order valence-electron chi connectivity index (χ3n) is 3.63. The second-order valence-electron chi connectivity index (χ2n) is 5.57. The molecular weight excluding hydrogens is 290 g/mol. The largest absolute Gasteiger partial charge is 0.395 e. The van der Waals surface area contributed by atoms with E-state index in [1.807, 2.05) is 0 Å². The lowest BCUT2D eigenvalue weighted by atomic mass is 10.0. The SMILES string of the molecule is CC(C)CC(CO)NC1CCc2c(Br)cccc21. The van der Waals surface area contributed by atoms with Gasteiger partial charge in [-0.3, -0.25) is 0 Å². The first-order valence-electron chi connectivity index (χ1n) is 6.76. The van der Waals surface area contributed by atoms with Gasteiger partial charge in [0, 0.05) is 16.6 Å². The molecule has 2 nitrogen and oxygen atoms in total. The molecule has 100 valence electrons. The lowest BCUT2D eigenvalue weighted by Gasteiger charge is -2.23. The Balaban J connectivity index is 2.07. The molecule has 1 aliphatic rings. The maximum Gasteiger partial charge on any atom is 0.0584 e. The molecule has 0 saturated carbocycles. The highest BCUT2D eigenvalue weighted by Gasteiger charge is 2.25. The molecule has 0 aromatic heterocycles. The van der Waals surface area contributed by atoms with Crippen molar-refractivity contribution < 1.29 is 5.11 Å². The van der Waals surface area contributed by atoms with Crippen LogP contribution in [0.3, 0.4) is 0 Å². The van der Waals surface area contributed by atoms with Crippen molar-refractivity contribution in [2.24, 2.45) is 5.92 Å². The second kappa shape index (κ2) is 6.18.